The van der Waals surface area contributed by atoms with Crippen molar-refractivity contribution in [2.75, 3.05) is 13.7 Å². The minimum Gasteiger partial charge on any atom is -0.389 e. The van der Waals surface area contributed by atoms with Crippen LogP contribution >= 0.6 is 0 Å². The first-order chi connectivity index (χ1) is 9.13. The van der Waals surface area contributed by atoms with Gasteiger partial charge in [-0.3, -0.25) is 5.32 Å². The van der Waals surface area contributed by atoms with Crippen molar-refractivity contribution in [2.45, 2.75) is 39.0 Å². The molecular weight excluding hydrogens is 238 g/mol. The zero-order valence-electron chi connectivity index (χ0n) is 12.3. The number of nitrogens with one attached hydrogen (secondary N) is 1. The van der Waals surface area contributed by atoms with Crippen LogP contribution in [0.3, 0.4) is 0 Å². The summed E-state index contributed by atoms with van der Waals surface area (Å²) in [7, 11) is 1.64. The lowest BCUT2D eigenvalue weighted by Gasteiger charge is -2.13. The highest BCUT2D eigenvalue weighted by Crippen LogP contribution is 2.00. The maximum Gasteiger partial charge on any atom is 0.127 e. The van der Waals surface area contributed by atoms with E-state index in [0.717, 1.165) is 18.5 Å². The number of methoxy groups -OCH3 is 1. The number of rotatable bonds is 10. The number of aliphatic hydroxyl groups is 1. The van der Waals surface area contributed by atoms with Gasteiger partial charge in [0.25, 0.3) is 0 Å². The van der Waals surface area contributed by atoms with Crippen LogP contribution in [0.15, 0.2) is 48.6 Å². The SMILES string of the molecule is C=C(/C=C\C=C/C)CCNC(/C=C\C(O)CC)OC. The molecule has 0 saturated carbocycles. The van der Waals surface area contributed by atoms with Gasteiger partial charge in [-0.1, -0.05) is 49.5 Å². The van der Waals surface area contributed by atoms with Gasteiger partial charge in [-0.2, -0.15) is 0 Å². The predicted molar refractivity (Wildman–Crippen MR) is 81.9 cm³/mol. The van der Waals surface area contributed by atoms with Crippen LogP contribution in [0.2, 0.25) is 0 Å². The highest BCUT2D eigenvalue weighted by atomic mass is 16.5. The molecule has 0 aliphatic carbocycles. The number of ether oxygens (including phenoxy) is 1. The Morgan fingerprint density at radius 1 is 1.37 bits per heavy atom. The van der Waals surface area contributed by atoms with Crippen LogP contribution in [0.25, 0.3) is 0 Å². The molecule has 0 radical (unpaired) electrons. The van der Waals surface area contributed by atoms with Crippen LogP contribution in [0.4, 0.5) is 0 Å². The van der Waals surface area contributed by atoms with E-state index in [-0.39, 0.29) is 6.23 Å². The third-order valence-corrected chi connectivity index (χ3v) is 2.61. The Kier molecular flexibility index (Phi) is 11.2. The van der Waals surface area contributed by atoms with Gasteiger partial charge in [0.15, 0.2) is 0 Å². The third kappa shape index (κ3) is 10.4. The number of aliphatic hydroxyl groups excluding tert-OH is 1. The van der Waals surface area contributed by atoms with Gasteiger partial charge >= 0.3 is 0 Å². The molecule has 0 aromatic heterocycles. The quantitative estimate of drug-likeness (QED) is 0.362. The molecule has 0 bridgehead atoms. The first-order valence-corrected chi connectivity index (χ1v) is 6.73. The van der Waals surface area contributed by atoms with Gasteiger partial charge in [-0.25, -0.2) is 0 Å². The minimum absolute atomic E-state index is 0.173. The van der Waals surface area contributed by atoms with E-state index in [1.807, 2.05) is 44.2 Å². The molecule has 0 heterocycles. The maximum absolute atomic E-state index is 9.44. The molecule has 3 nitrogen and oxygen atoms in total. The normalized spacial score (nSPS) is 15.6. The second kappa shape index (κ2) is 11.9. The van der Waals surface area contributed by atoms with Crippen LogP contribution in [0.1, 0.15) is 26.7 Å². The molecule has 0 rings (SSSR count). The van der Waals surface area contributed by atoms with Crippen molar-refractivity contribution in [2.24, 2.45) is 0 Å². The first kappa shape index (κ1) is 17.8. The van der Waals surface area contributed by atoms with Crippen molar-refractivity contribution in [3.8, 4) is 0 Å². The fourth-order valence-corrected chi connectivity index (χ4v) is 1.36. The van der Waals surface area contributed by atoms with E-state index in [2.05, 4.69) is 11.9 Å². The number of hydrogen-bond acceptors (Lipinski definition) is 3. The van der Waals surface area contributed by atoms with E-state index in [0.29, 0.717) is 6.42 Å². The molecule has 2 unspecified atom stereocenters. The second-order valence-corrected chi connectivity index (χ2v) is 4.26. The molecular formula is C16H27NO2. The molecule has 0 aliphatic heterocycles. The van der Waals surface area contributed by atoms with Crippen molar-refractivity contribution in [1.29, 1.82) is 0 Å². The lowest BCUT2D eigenvalue weighted by atomic mass is 10.2. The first-order valence-electron chi connectivity index (χ1n) is 6.73. The molecule has 2 atom stereocenters. The van der Waals surface area contributed by atoms with Gasteiger partial charge < -0.3 is 9.84 Å². The summed E-state index contributed by atoms with van der Waals surface area (Å²) < 4.78 is 5.26. The van der Waals surface area contributed by atoms with E-state index in [1.54, 1.807) is 13.2 Å². The Hall–Kier alpha value is -1.16. The van der Waals surface area contributed by atoms with Crippen LogP contribution in [0.5, 0.6) is 0 Å². The van der Waals surface area contributed by atoms with Crippen LogP contribution < -0.4 is 5.32 Å². The maximum atomic E-state index is 9.44. The van der Waals surface area contributed by atoms with Gasteiger partial charge in [0.1, 0.15) is 6.23 Å². The van der Waals surface area contributed by atoms with E-state index < -0.39 is 6.10 Å². The Labute approximate surface area is 117 Å². The molecule has 0 spiro atoms. The largest absolute Gasteiger partial charge is 0.389 e. The second-order valence-electron chi connectivity index (χ2n) is 4.26. The van der Waals surface area contributed by atoms with Crippen LogP contribution in [-0.2, 0) is 4.74 Å². The average molecular weight is 265 g/mol. The summed E-state index contributed by atoms with van der Waals surface area (Å²) >= 11 is 0. The van der Waals surface area contributed by atoms with Crippen molar-refractivity contribution in [3.05, 3.63) is 48.6 Å². The van der Waals surface area contributed by atoms with Crippen LogP contribution in [-0.4, -0.2) is 31.1 Å². The number of allylic oxidation sites excluding steroid dienone is 4. The van der Waals surface area contributed by atoms with Crippen LogP contribution in [0, 0.1) is 0 Å². The highest BCUT2D eigenvalue weighted by molar-refractivity contribution is 5.19. The molecule has 3 heteroatoms. The Morgan fingerprint density at radius 2 is 2.11 bits per heavy atom. The van der Waals surface area contributed by atoms with E-state index in [4.69, 9.17) is 4.74 Å². The summed E-state index contributed by atoms with van der Waals surface area (Å²) in [6.45, 7) is 8.68. The lowest BCUT2D eigenvalue weighted by molar-refractivity contribution is 0.111. The molecule has 19 heavy (non-hydrogen) atoms. The summed E-state index contributed by atoms with van der Waals surface area (Å²) in [4.78, 5) is 0. The Balaban J connectivity index is 3.95. The van der Waals surface area contributed by atoms with Crippen molar-refractivity contribution < 1.29 is 9.84 Å². The van der Waals surface area contributed by atoms with Gasteiger partial charge in [0.05, 0.1) is 6.10 Å². The zero-order chi connectivity index (χ0) is 14.5. The lowest BCUT2D eigenvalue weighted by Crippen LogP contribution is -2.30. The molecule has 108 valence electrons. The molecule has 0 aliphatic rings. The molecule has 2 N–H and O–H groups in total. The molecule has 0 saturated heterocycles. The van der Waals surface area contributed by atoms with Crippen molar-refractivity contribution in [3.63, 3.8) is 0 Å². The van der Waals surface area contributed by atoms with E-state index in [1.165, 1.54) is 0 Å². The summed E-state index contributed by atoms with van der Waals surface area (Å²) in [6.07, 6.45) is 12.5. The molecule has 0 aromatic rings. The van der Waals surface area contributed by atoms with Crippen molar-refractivity contribution in [1.82, 2.24) is 5.32 Å². The van der Waals surface area contributed by atoms with Gasteiger partial charge in [-0.15, -0.1) is 0 Å². The summed E-state index contributed by atoms with van der Waals surface area (Å²) in [5.74, 6) is 0. The highest BCUT2D eigenvalue weighted by Gasteiger charge is 2.02. The minimum atomic E-state index is -0.404. The monoisotopic (exact) mass is 265 g/mol. The third-order valence-electron chi connectivity index (χ3n) is 2.61. The fraction of sp³-hybridized carbons (Fsp3) is 0.500. The molecule has 0 amide bonds. The number of hydrogen-bond donors (Lipinski definition) is 2. The van der Waals surface area contributed by atoms with Gasteiger partial charge in [0.2, 0.25) is 0 Å². The molecule has 0 aromatic carbocycles. The summed E-state index contributed by atoms with van der Waals surface area (Å²) in [6, 6.07) is 0. The average Bonchev–Trinajstić information content (AvgIpc) is 2.42. The molecule has 0 fully saturated rings. The summed E-state index contributed by atoms with van der Waals surface area (Å²) in [5, 5.41) is 12.7. The Bertz CT molecular complexity index is 319. The van der Waals surface area contributed by atoms with E-state index in [9.17, 15) is 5.11 Å². The van der Waals surface area contributed by atoms with E-state index >= 15 is 0 Å². The summed E-state index contributed by atoms with van der Waals surface area (Å²) in [5.41, 5.74) is 1.07. The van der Waals surface area contributed by atoms with Gasteiger partial charge in [0, 0.05) is 13.7 Å². The zero-order valence-corrected chi connectivity index (χ0v) is 12.3. The topological polar surface area (TPSA) is 41.5 Å². The van der Waals surface area contributed by atoms with Crippen molar-refractivity contribution >= 4 is 0 Å². The Morgan fingerprint density at radius 3 is 2.68 bits per heavy atom. The predicted octanol–water partition coefficient (Wildman–Crippen LogP) is 2.95. The fourth-order valence-electron chi connectivity index (χ4n) is 1.36. The van der Waals surface area contributed by atoms with Gasteiger partial charge in [-0.05, 0) is 25.8 Å². The smallest absolute Gasteiger partial charge is 0.127 e. The standard InChI is InChI=1S/C16H27NO2/c1-5-7-8-9-14(3)12-13-17-16(19-4)11-10-15(18)6-2/h5,7-11,15-18H,3,6,12-13H2,1-2,4H3/b7-5-,9-8-,11-10-.